The summed E-state index contributed by atoms with van der Waals surface area (Å²) in [5, 5.41) is 14.4. The van der Waals surface area contributed by atoms with Crippen molar-refractivity contribution in [1.29, 1.82) is 0 Å². The van der Waals surface area contributed by atoms with Crippen LogP contribution < -0.4 is 10.1 Å². The van der Waals surface area contributed by atoms with E-state index in [1.165, 1.54) is 44.2 Å². The first-order chi connectivity index (χ1) is 14.9. The lowest BCUT2D eigenvalue weighted by Crippen LogP contribution is -2.49. The monoisotopic (exact) mass is 427 g/mol. The van der Waals surface area contributed by atoms with Gasteiger partial charge in [-0.2, -0.15) is 0 Å². The van der Waals surface area contributed by atoms with E-state index < -0.39 is 17.8 Å². The zero-order valence-electron chi connectivity index (χ0n) is 18.6. The first-order valence-electron chi connectivity index (χ1n) is 11.5. The molecule has 0 unspecified atom stereocenters. The van der Waals surface area contributed by atoms with E-state index in [0.717, 1.165) is 34.9 Å². The van der Waals surface area contributed by atoms with Crippen LogP contribution in [0.15, 0.2) is 42.5 Å². The second-order valence-electron chi connectivity index (χ2n) is 9.47. The molecule has 2 atom stereocenters. The van der Waals surface area contributed by atoms with Crippen LogP contribution >= 0.6 is 0 Å². The fraction of sp³-hybridized carbons (Fsp3) is 0.538. The molecule has 1 heterocycles. The molecular formula is C26H34FNO3. The molecule has 0 saturated heterocycles. The van der Waals surface area contributed by atoms with Gasteiger partial charge in [-0.25, -0.2) is 4.39 Å². The lowest BCUT2D eigenvalue weighted by Gasteiger charge is -2.42. The molecule has 2 aliphatic rings. The van der Waals surface area contributed by atoms with Gasteiger partial charge in [0.2, 0.25) is 0 Å². The normalized spacial score (nSPS) is 23.1. The number of halogens is 1. The summed E-state index contributed by atoms with van der Waals surface area (Å²) < 4.78 is 25.5. The number of anilines is 1. The molecule has 1 aliphatic carbocycles. The fourth-order valence-electron chi connectivity index (χ4n) is 4.68. The Balaban J connectivity index is 1.46. The summed E-state index contributed by atoms with van der Waals surface area (Å²) in [5.74, 6) is 1.26. The molecule has 1 saturated carbocycles. The molecule has 31 heavy (non-hydrogen) atoms. The maximum absolute atomic E-state index is 13.1. The molecule has 1 fully saturated rings. The molecule has 4 rings (SSSR count). The van der Waals surface area contributed by atoms with Crippen LogP contribution in [0.25, 0.3) is 0 Å². The number of hydrogen-bond acceptors (Lipinski definition) is 4. The topological polar surface area (TPSA) is 50.7 Å². The zero-order valence-corrected chi connectivity index (χ0v) is 18.6. The van der Waals surface area contributed by atoms with Crippen LogP contribution in [0, 0.1) is 11.7 Å². The fourth-order valence-corrected chi connectivity index (χ4v) is 4.68. The molecule has 4 nitrogen and oxygen atoms in total. The molecule has 5 heteroatoms. The summed E-state index contributed by atoms with van der Waals surface area (Å²) in [4.78, 5) is 0. The average molecular weight is 428 g/mol. The van der Waals surface area contributed by atoms with Crippen molar-refractivity contribution in [1.82, 2.24) is 0 Å². The summed E-state index contributed by atoms with van der Waals surface area (Å²) in [7, 11) is 0. The molecule has 0 spiro atoms. The predicted octanol–water partition coefficient (Wildman–Crippen LogP) is 6.00. The second kappa shape index (κ2) is 9.58. The molecule has 0 bridgehead atoms. The maximum atomic E-state index is 13.1. The third kappa shape index (κ3) is 5.39. The molecular weight excluding hydrogens is 393 g/mol. The SMILES string of the molecule is CC1(C)Oc2ccc(NCc3ccc(F)cc3)cc2[C@@H](OCCC2CCCCC2)[C@@H]1O. The molecule has 2 N–H and O–H groups in total. The minimum atomic E-state index is -0.751. The van der Waals surface area contributed by atoms with Crippen molar-refractivity contribution < 1.29 is 19.0 Å². The van der Waals surface area contributed by atoms with E-state index >= 15 is 0 Å². The number of aliphatic hydroxyl groups excluding tert-OH is 1. The van der Waals surface area contributed by atoms with E-state index in [-0.39, 0.29) is 5.82 Å². The third-order valence-corrected chi connectivity index (χ3v) is 6.65. The molecule has 0 amide bonds. The Kier molecular flexibility index (Phi) is 6.83. The Hall–Kier alpha value is -2.11. The highest BCUT2D eigenvalue weighted by Crippen LogP contribution is 2.43. The predicted molar refractivity (Wildman–Crippen MR) is 121 cm³/mol. The highest BCUT2D eigenvalue weighted by molar-refractivity contribution is 5.53. The van der Waals surface area contributed by atoms with Gasteiger partial charge in [-0.3, -0.25) is 0 Å². The smallest absolute Gasteiger partial charge is 0.132 e. The summed E-state index contributed by atoms with van der Waals surface area (Å²) in [6.45, 7) is 5.04. The first kappa shape index (κ1) is 22.1. The Morgan fingerprint density at radius 1 is 1.10 bits per heavy atom. The van der Waals surface area contributed by atoms with E-state index in [0.29, 0.717) is 13.2 Å². The number of fused-ring (bicyclic) bond motifs is 1. The van der Waals surface area contributed by atoms with Gasteiger partial charge in [0.1, 0.15) is 29.4 Å². The van der Waals surface area contributed by atoms with Crippen LogP contribution in [0.1, 0.15) is 69.6 Å². The lowest BCUT2D eigenvalue weighted by molar-refractivity contribution is -0.136. The number of benzene rings is 2. The van der Waals surface area contributed by atoms with Gasteiger partial charge in [0.05, 0.1) is 0 Å². The molecule has 2 aromatic carbocycles. The van der Waals surface area contributed by atoms with Gasteiger partial charge in [0.25, 0.3) is 0 Å². The van der Waals surface area contributed by atoms with Gasteiger partial charge in [-0.1, -0.05) is 44.2 Å². The standard InChI is InChI=1S/C26H34FNO3/c1-26(2)25(29)24(30-15-14-18-6-4-3-5-7-18)22-16-21(12-13-23(22)31-26)28-17-19-8-10-20(27)11-9-19/h8-13,16,18,24-25,28-29H,3-7,14-15,17H2,1-2H3/t24-,25+/m1/s1. The van der Waals surface area contributed by atoms with E-state index in [1.54, 1.807) is 12.1 Å². The van der Waals surface area contributed by atoms with Crippen molar-refractivity contribution >= 4 is 5.69 Å². The highest BCUT2D eigenvalue weighted by atomic mass is 19.1. The Labute approximate surface area is 184 Å². The van der Waals surface area contributed by atoms with Crippen LogP contribution in [0.5, 0.6) is 5.75 Å². The Bertz CT molecular complexity index is 861. The largest absolute Gasteiger partial charge is 0.485 e. The summed E-state index contributed by atoms with van der Waals surface area (Å²) in [6.07, 6.45) is 6.45. The number of ether oxygens (including phenoxy) is 2. The first-order valence-corrected chi connectivity index (χ1v) is 11.5. The van der Waals surface area contributed by atoms with Crippen molar-refractivity contribution in [2.24, 2.45) is 5.92 Å². The minimum absolute atomic E-state index is 0.237. The number of aliphatic hydroxyl groups is 1. The van der Waals surface area contributed by atoms with E-state index in [9.17, 15) is 9.50 Å². The van der Waals surface area contributed by atoms with Gasteiger partial charge in [0, 0.05) is 24.4 Å². The van der Waals surface area contributed by atoms with E-state index in [4.69, 9.17) is 9.47 Å². The van der Waals surface area contributed by atoms with Gasteiger partial charge in [-0.05, 0) is 62.1 Å². The third-order valence-electron chi connectivity index (χ3n) is 6.65. The zero-order chi connectivity index (χ0) is 21.8. The Morgan fingerprint density at radius 3 is 2.58 bits per heavy atom. The van der Waals surface area contributed by atoms with Crippen LogP contribution in [-0.2, 0) is 11.3 Å². The average Bonchev–Trinajstić information content (AvgIpc) is 2.77. The second-order valence-corrected chi connectivity index (χ2v) is 9.47. The summed E-state index contributed by atoms with van der Waals surface area (Å²) in [5.41, 5.74) is 2.07. The molecule has 0 aromatic heterocycles. The number of rotatable bonds is 7. The van der Waals surface area contributed by atoms with Gasteiger partial charge >= 0.3 is 0 Å². The van der Waals surface area contributed by atoms with Crippen LogP contribution in [0.3, 0.4) is 0 Å². The Morgan fingerprint density at radius 2 is 1.84 bits per heavy atom. The van der Waals surface area contributed by atoms with Crippen molar-refractivity contribution in [3.8, 4) is 5.75 Å². The molecule has 0 radical (unpaired) electrons. The van der Waals surface area contributed by atoms with E-state index in [1.807, 2.05) is 32.0 Å². The quantitative estimate of drug-likeness (QED) is 0.569. The highest BCUT2D eigenvalue weighted by Gasteiger charge is 2.43. The number of hydrogen-bond donors (Lipinski definition) is 2. The molecule has 168 valence electrons. The van der Waals surface area contributed by atoms with Gasteiger partial charge in [-0.15, -0.1) is 0 Å². The summed E-state index contributed by atoms with van der Waals surface area (Å²) >= 11 is 0. The van der Waals surface area contributed by atoms with Crippen LogP contribution in [0.4, 0.5) is 10.1 Å². The van der Waals surface area contributed by atoms with Crippen LogP contribution in [0.2, 0.25) is 0 Å². The molecule has 1 aliphatic heterocycles. The number of nitrogens with one attached hydrogen (secondary N) is 1. The van der Waals surface area contributed by atoms with Gasteiger partial charge in [0.15, 0.2) is 0 Å². The minimum Gasteiger partial charge on any atom is -0.485 e. The van der Waals surface area contributed by atoms with Crippen LogP contribution in [-0.4, -0.2) is 23.4 Å². The molecule has 2 aromatic rings. The summed E-state index contributed by atoms with van der Waals surface area (Å²) in [6, 6.07) is 12.4. The van der Waals surface area contributed by atoms with Crippen molar-refractivity contribution in [2.75, 3.05) is 11.9 Å². The van der Waals surface area contributed by atoms with Crippen molar-refractivity contribution in [3.05, 3.63) is 59.4 Å². The lowest BCUT2D eigenvalue weighted by atomic mass is 9.86. The van der Waals surface area contributed by atoms with Crippen molar-refractivity contribution in [3.63, 3.8) is 0 Å². The maximum Gasteiger partial charge on any atom is 0.132 e. The van der Waals surface area contributed by atoms with E-state index in [2.05, 4.69) is 5.32 Å². The van der Waals surface area contributed by atoms with Crippen molar-refractivity contribution in [2.45, 2.75) is 76.7 Å². The van der Waals surface area contributed by atoms with Gasteiger partial charge < -0.3 is 19.9 Å².